The van der Waals surface area contributed by atoms with E-state index in [0.29, 0.717) is 55.8 Å². The molecule has 5 rings (SSSR count). The van der Waals surface area contributed by atoms with Gasteiger partial charge in [-0.3, -0.25) is 0 Å². The molecule has 5 aromatic rings. The minimum Gasteiger partial charge on any atom is -0.493 e. The van der Waals surface area contributed by atoms with Gasteiger partial charge in [-0.25, -0.2) is 4.79 Å². The van der Waals surface area contributed by atoms with E-state index >= 15 is 0 Å². The molecule has 43 heavy (non-hydrogen) atoms. The third-order valence-electron chi connectivity index (χ3n) is 7.30. The minimum absolute atomic E-state index is 0.197. The number of hydrogen-bond donors (Lipinski definition) is 0. The lowest BCUT2D eigenvalue weighted by atomic mass is 9.93. The molecule has 0 fully saturated rings. The van der Waals surface area contributed by atoms with Gasteiger partial charge in [0, 0.05) is 32.7 Å². The van der Waals surface area contributed by atoms with Crippen LogP contribution in [0.1, 0.15) is 17.4 Å². The summed E-state index contributed by atoms with van der Waals surface area (Å²) in [5.74, 6) is 2.80. The summed E-state index contributed by atoms with van der Waals surface area (Å²) in [6, 6.07) is 15.1. The number of halogens is 1. The molecule has 2 heterocycles. The van der Waals surface area contributed by atoms with Crippen LogP contribution in [0, 0.1) is 0 Å². The first-order valence-electron chi connectivity index (χ1n) is 13.4. The lowest BCUT2D eigenvalue weighted by Crippen LogP contribution is -2.09. The van der Waals surface area contributed by atoms with Crippen LogP contribution in [-0.4, -0.2) is 59.6 Å². The molecule has 3 aromatic carbocycles. The first kappa shape index (κ1) is 29.9. The zero-order valence-corrected chi connectivity index (χ0v) is 26.6. The fourth-order valence-corrected chi connectivity index (χ4v) is 5.90. The number of benzene rings is 3. The number of rotatable bonds is 10. The van der Waals surface area contributed by atoms with Crippen LogP contribution in [0.4, 0.5) is 0 Å². The van der Waals surface area contributed by atoms with E-state index in [-0.39, 0.29) is 6.61 Å². The molecule has 0 amide bonds. The molecular formula is C33H32BrNO8. The van der Waals surface area contributed by atoms with Crippen molar-refractivity contribution in [2.45, 2.75) is 6.92 Å². The summed E-state index contributed by atoms with van der Waals surface area (Å²) in [5, 5.41) is 1.72. The summed E-state index contributed by atoms with van der Waals surface area (Å²) in [6.07, 6.45) is 1.86. The summed E-state index contributed by atoms with van der Waals surface area (Å²) < 4.78 is 41.9. The largest absolute Gasteiger partial charge is 0.493 e. The average Bonchev–Trinajstić information content (AvgIpc) is 3.38. The number of carbonyl (C=O) groups excluding carboxylic acids is 1. The Morgan fingerprint density at radius 2 is 1.28 bits per heavy atom. The first-order chi connectivity index (χ1) is 20.8. The Hall–Kier alpha value is -4.57. The zero-order valence-electron chi connectivity index (χ0n) is 25.0. The minimum atomic E-state index is -0.485. The van der Waals surface area contributed by atoms with Crippen LogP contribution in [0.25, 0.3) is 38.5 Å². The predicted octanol–water partition coefficient (Wildman–Crippen LogP) is 7.42. The molecule has 0 spiro atoms. The topological polar surface area (TPSA) is 86.1 Å². The van der Waals surface area contributed by atoms with Crippen LogP contribution in [0.15, 0.2) is 59.2 Å². The molecule has 0 aliphatic rings. The number of hydrogen-bond acceptors (Lipinski definition) is 8. The Morgan fingerprint density at radius 3 is 1.91 bits per heavy atom. The number of methoxy groups -OCH3 is 6. The van der Waals surface area contributed by atoms with Gasteiger partial charge in [0.25, 0.3) is 0 Å². The Labute approximate surface area is 257 Å². The van der Waals surface area contributed by atoms with Gasteiger partial charge in [-0.1, -0.05) is 22.0 Å². The standard InChI is InChI=1S/C33H32BrNO8/c1-8-43-33(36)32-30(21-16-27(41-6)28(42-7)17-22(21)34)29(19-9-10-23(37-2)24(14-19)38-3)31-20-15-26(40-5)25(39-4)13-18(20)11-12-35(31)32/h9-17H,8H2,1-7H3. The average molecular weight is 651 g/mol. The van der Waals surface area contributed by atoms with Crippen LogP contribution in [0.2, 0.25) is 0 Å². The molecule has 2 aromatic heterocycles. The maximum Gasteiger partial charge on any atom is 0.355 e. The number of pyridine rings is 1. The number of aromatic nitrogens is 1. The van der Waals surface area contributed by atoms with Gasteiger partial charge in [-0.15, -0.1) is 0 Å². The van der Waals surface area contributed by atoms with E-state index in [2.05, 4.69) is 15.9 Å². The monoisotopic (exact) mass is 649 g/mol. The van der Waals surface area contributed by atoms with E-state index in [1.165, 1.54) is 0 Å². The molecule has 224 valence electrons. The Bertz CT molecular complexity index is 1850. The van der Waals surface area contributed by atoms with Crippen molar-refractivity contribution in [2.24, 2.45) is 0 Å². The molecule has 0 N–H and O–H groups in total. The lowest BCUT2D eigenvalue weighted by molar-refractivity contribution is 0.0519. The van der Waals surface area contributed by atoms with Crippen LogP contribution >= 0.6 is 15.9 Å². The van der Waals surface area contributed by atoms with Gasteiger partial charge in [-0.05, 0) is 60.3 Å². The number of fused-ring (bicyclic) bond motifs is 3. The van der Waals surface area contributed by atoms with Gasteiger partial charge in [0.1, 0.15) is 5.69 Å². The van der Waals surface area contributed by atoms with E-state index in [4.69, 9.17) is 33.2 Å². The molecule has 0 unspecified atom stereocenters. The molecule has 9 nitrogen and oxygen atoms in total. The van der Waals surface area contributed by atoms with E-state index < -0.39 is 5.97 Å². The van der Waals surface area contributed by atoms with Crippen molar-refractivity contribution in [1.29, 1.82) is 0 Å². The molecule has 0 radical (unpaired) electrons. The molecule has 0 saturated heterocycles. The molecule has 0 aliphatic heterocycles. The van der Waals surface area contributed by atoms with Crippen LogP contribution in [0.5, 0.6) is 34.5 Å². The van der Waals surface area contributed by atoms with Crippen LogP contribution < -0.4 is 28.4 Å². The van der Waals surface area contributed by atoms with Crippen molar-refractivity contribution in [3.05, 3.63) is 64.9 Å². The van der Waals surface area contributed by atoms with Crippen LogP contribution in [0.3, 0.4) is 0 Å². The highest BCUT2D eigenvalue weighted by molar-refractivity contribution is 9.10. The Balaban J connectivity index is 2.05. The van der Waals surface area contributed by atoms with Crippen molar-refractivity contribution in [2.75, 3.05) is 49.3 Å². The van der Waals surface area contributed by atoms with Crippen molar-refractivity contribution in [1.82, 2.24) is 4.40 Å². The second-order valence-electron chi connectivity index (χ2n) is 9.40. The predicted molar refractivity (Wildman–Crippen MR) is 169 cm³/mol. The summed E-state index contributed by atoms with van der Waals surface area (Å²) in [5.41, 5.74) is 3.96. The van der Waals surface area contributed by atoms with Crippen LogP contribution in [-0.2, 0) is 4.74 Å². The van der Waals surface area contributed by atoms with Gasteiger partial charge in [0.15, 0.2) is 34.5 Å². The number of nitrogens with zero attached hydrogens (tertiary/aromatic N) is 1. The van der Waals surface area contributed by atoms with E-state index in [1.807, 2.05) is 59.1 Å². The first-order valence-corrected chi connectivity index (χ1v) is 14.2. The quantitative estimate of drug-likeness (QED) is 0.145. The Kier molecular flexibility index (Phi) is 8.59. The smallest absolute Gasteiger partial charge is 0.355 e. The lowest BCUT2D eigenvalue weighted by Gasteiger charge is -2.15. The van der Waals surface area contributed by atoms with Crippen molar-refractivity contribution in [3.63, 3.8) is 0 Å². The van der Waals surface area contributed by atoms with Gasteiger partial charge < -0.3 is 37.6 Å². The number of esters is 1. The fraction of sp³-hybridized carbons (Fsp3) is 0.242. The summed E-state index contributed by atoms with van der Waals surface area (Å²) in [6.45, 7) is 1.98. The maximum atomic E-state index is 13.9. The van der Waals surface area contributed by atoms with E-state index in [1.54, 1.807) is 49.6 Å². The summed E-state index contributed by atoms with van der Waals surface area (Å²) in [7, 11) is 9.50. The summed E-state index contributed by atoms with van der Waals surface area (Å²) in [4.78, 5) is 13.9. The normalized spacial score (nSPS) is 11.0. The fourth-order valence-electron chi connectivity index (χ4n) is 5.38. The molecule has 10 heteroatoms. The third-order valence-corrected chi connectivity index (χ3v) is 7.96. The molecular weight excluding hydrogens is 618 g/mol. The van der Waals surface area contributed by atoms with E-state index in [9.17, 15) is 4.79 Å². The second-order valence-corrected chi connectivity index (χ2v) is 10.3. The Morgan fingerprint density at radius 1 is 0.698 bits per heavy atom. The number of carbonyl (C=O) groups is 1. The van der Waals surface area contributed by atoms with Crippen molar-refractivity contribution in [3.8, 4) is 56.8 Å². The second kappa shape index (κ2) is 12.3. The molecule has 0 aliphatic carbocycles. The molecule has 0 atom stereocenters. The molecule has 0 bridgehead atoms. The molecule has 0 saturated carbocycles. The van der Waals surface area contributed by atoms with Crippen molar-refractivity contribution < 1.29 is 38.0 Å². The highest BCUT2D eigenvalue weighted by Crippen LogP contribution is 2.49. The SMILES string of the molecule is CCOC(=O)c1c(-c2cc(OC)c(OC)cc2Br)c(-c2ccc(OC)c(OC)c2)c2c3cc(OC)c(OC)cc3ccn12. The zero-order chi connectivity index (χ0) is 30.8. The summed E-state index contributed by atoms with van der Waals surface area (Å²) >= 11 is 3.74. The van der Waals surface area contributed by atoms with Gasteiger partial charge in [0.2, 0.25) is 0 Å². The highest BCUT2D eigenvalue weighted by atomic mass is 79.9. The maximum absolute atomic E-state index is 13.9. The highest BCUT2D eigenvalue weighted by Gasteiger charge is 2.30. The van der Waals surface area contributed by atoms with Crippen molar-refractivity contribution >= 4 is 38.2 Å². The van der Waals surface area contributed by atoms with Gasteiger partial charge in [0.05, 0.1) is 54.8 Å². The van der Waals surface area contributed by atoms with Gasteiger partial charge >= 0.3 is 5.97 Å². The van der Waals surface area contributed by atoms with Gasteiger partial charge in [-0.2, -0.15) is 0 Å². The third kappa shape index (κ3) is 5.05. The number of ether oxygens (including phenoxy) is 7. The van der Waals surface area contributed by atoms with E-state index in [0.717, 1.165) is 27.4 Å².